The van der Waals surface area contributed by atoms with E-state index in [1.807, 2.05) is 63.4 Å². The lowest BCUT2D eigenvalue weighted by Crippen LogP contribution is -2.30. The maximum Gasteiger partial charge on any atom is 0.253 e. The van der Waals surface area contributed by atoms with Gasteiger partial charge < -0.3 is 14.2 Å². The molecule has 0 saturated heterocycles. The standard InChI is InChI=1S/C24H29N3O3/c1-18-5-9-21(10-6-18)24(28)27(4)13-14-29-22-11-7-20(8-12-22)16-26(3)17-23-15-19(2)25-30-23/h5-12,15H,13-14,16-17H2,1-4H3. The molecule has 0 aliphatic carbocycles. The van der Waals surface area contributed by atoms with Crippen molar-refractivity contribution < 1.29 is 14.1 Å². The van der Waals surface area contributed by atoms with Crippen molar-refractivity contribution in [1.29, 1.82) is 0 Å². The van der Waals surface area contributed by atoms with E-state index in [0.717, 1.165) is 29.3 Å². The van der Waals surface area contributed by atoms with E-state index in [-0.39, 0.29) is 5.91 Å². The van der Waals surface area contributed by atoms with Crippen LogP contribution in [-0.2, 0) is 13.1 Å². The molecule has 0 radical (unpaired) electrons. The minimum Gasteiger partial charge on any atom is -0.492 e. The predicted octanol–water partition coefficient (Wildman–Crippen LogP) is 4.07. The molecular formula is C24H29N3O3. The molecule has 6 heteroatoms. The number of aryl methyl sites for hydroxylation is 2. The summed E-state index contributed by atoms with van der Waals surface area (Å²) in [5.74, 6) is 1.65. The van der Waals surface area contributed by atoms with Crippen molar-refractivity contribution in [3.05, 3.63) is 82.7 Å². The summed E-state index contributed by atoms with van der Waals surface area (Å²) in [6.07, 6.45) is 0. The number of carbonyl (C=O) groups excluding carboxylic acids is 1. The van der Waals surface area contributed by atoms with Gasteiger partial charge in [0.25, 0.3) is 5.91 Å². The molecular weight excluding hydrogens is 378 g/mol. The van der Waals surface area contributed by atoms with E-state index in [2.05, 4.69) is 22.2 Å². The number of carbonyl (C=O) groups is 1. The van der Waals surface area contributed by atoms with Crippen LogP contribution in [0.3, 0.4) is 0 Å². The Labute approximate surface area is 178 Å². The minimum atomic E-state index is -0.000985. The van der Waals surface area contributed by atoms with Crippen molar-refractivity contribution in [2.75, 3.05) is 27.2 Å². The summed E-state index contributed by atoms with van der Waals surface area (Å²) in [6.45, 7) is 6.40. The van der Waals surface area contributed by atoms with Gasteiger partial charge in [0.15, 0.2) is 5.76 Å². The van der Waals surface area contributed by atoms with E-state index in [1.54, 1.807) is 11.9 Å². The Bertz CT molecular complexity index is 949. The van der Waals surface area contributed by atoms with E-state index in [9.17, 15) is 4.79 Å². The first-order valence-electron chi connectivity index (χ1n) is 10.1. The van der Waals surface area contributed by atoms with Gasteiger partial charge in [-0.1, -0.05) is 35.0 Å². The maximum atomic E-state index is 12.4. The molecule has 0 N–H and O–H groups in total. The second kappa shape index (κ2) is 10.1. The molecule has 0 spiro atoms. The van der Waals surface area contributed by atoms with Crippen molar-refractivity contribution in [2.45, 2.75) is 26.9 Å². The van der Waals surface area contributed by atoms with Crippen LogP contribution in [0.4, 0.5) is 0 Å². The van der Waals surface area contributed by atoms with Gasteiger partial charge in [0.2, 0.25) is 0 Å². The average Bonchev–Trinajstić information content (AvgIpc) is 3.13. The van der Waals surface area contributed by atoms with Crippen LogP contribution < -0.4 is 4.74 Å². The lowest BCUT2D eigenvalue weighted by Gasteiger charge is -2.18. The molecule has 30 heavy (non-hydrogen) atoms. The molecule has 1 aromatic heterocycles. The van der Waals surface area contributed by atoms with Gasteiger partial charge in [-0.25, -0.2) is 0 Å². The van der Waals surface area contributed by atoms with Crippen LogP contribution in [0.15, 0.2) is 59.1 Å². The number of likely N-dealkylation sites (N-methyl/N-ethyl adjacent to an activating group) is 1. The molecule has 0 aliphatic rings. The molecule has 3 rings (SSSR count). The summed E-state index contributed by atoms with van der Waals surface area (Å²) in [5, 5.41) is 3.92. The third-order valence-corrected chi connectivity index (χ3v) is 4.82. The van der Waals surface area contributed by atoms with Crippen molar-refractivity contribution in [2.24, 2.45) is 0 Å². The molecule has 2 aromatic carbocycles. The summed E-state index contributed by atoms with van der Waals surface area (Å²) in [7, 11) is 3.84. The van der Waals surface area contributed by atoms with E-state index in [0.29, 0.717) is 25.3 Å². The minimum absolute atomic E-state index is 0.000985. The molecule has 0 atom stereocenters. The fraction of sp³-hybridized carbons (Fsp3) is 0.333. The second-order valence-electron chi connectivity index (χ2n) is 7.69. The third-order valence-electron chi connectivity index (χ3n) is 4.82. The van der Waals surface area contributed by atoms with Gasteiger partial charge in [-0.05, 0) is 50.7 Å². The van der Waals surface area contributed by atoms with Crippen LogP contribution >= 0.6 is 0 Å². The van der Waals surface area contributed by atoms with Crippen LogP contribution in [0, 0.1) is 13.8 Å². The Kier molecular flexibility index (Phi) is 7.25. The SMILES string of the molecule is Cc1ccc(C(=O)N(C)CCOc2ccc(CN(C)Cc3cc(C)no3)cc2)cc1. The molecule has 6 nitrogen and oxygen atoms in total. The monoisotopic (exact) mass is 407 g/mol. The number of aromatic nitrogens is 1. The first kappa shape index (κ1) is 21.6. The van der Waals surface area contributed by atoms with Crippen LogP contribution in [0.1, 0.15) is 32.9 Å². The van der Waals surface area contributed by atoms with Gasteiger partial charge in [-0.2, -0.15) is 0 Å². The van der Waals surface area contributed by atoms with Gasteiger partial charge in [0, 0.05) is 25.2 Å². The van der Waals surface area contributed by atoms with Gasteiger partial charge in [-0.15, -0.1) is 0 Å². The first-order valence-corrected chi connectivity index (χ1v) is 10.1. The normalized spacial score (nSPS) is 11.0. The summed E-state index contributed by atoms with van der Waals surface area (Å²) >= 11 is 0. The highest BCUT2D eigenvalue weighted by Crippen LogP contribution is 2.15. The first-order chi connectivity index (χ1) is 14.4. The number of benzene rings is 2. The quantitative estimate of drug-likeness (QED) is 0.535. The Hall–Kier alpha value is -3.12. The summed E-state index contributed by atoms with van der Waals surface area (Å²) in [5.41, 5.74) is 3.91. The van der Waals surface area contributed by atoms with Crippen LogP contribution in [0.2, 0.25) is 0 Å². The van der Waals surface area contributed by atoms with Crippen molar-refractivity contribution in [1.82, 2.24) is 15.0 Å². The maximum absolute atomic E-state index is 12.4. The summed E-state index contributed by atoms with van der Waals surface area (Å²) in [4.78, 5) is 16.3. The zero-order valence-corrected chi connectivity index (χ0v) is 18.1. The van der Waals surface area contributed by atoms with Crippen LogP contribution in [-0.4, -0.2) is 48.1 Å². The topological polar surface area (TPSA) is 58.8 Å². The van der Waals surface area contributed by atoms with Gasteiger partial charge >= 0.3 is 0 Å². The summed E-state index contributed by atoms with van der Waals surface area (Å²) < 4.78 is 11.1. The van der Waals surface area contributed by atoms with Crippen LogP contribution in [0.5, 0.6) is 5.75 Å². The van der Waals surface area contributed by atoms with Crippen LogP contribution in [0.25, 0.3) is 0 Å². The molecule has 158 valence electrons. The van der Waals surface area contributed by atoms with Gasteiger partial charge in [0.1, 0.15) is 12.4 Å². The number of hydrogen-bond acceptors (Lipinski definition) is 5. The Morgan fingerprint density at radius 3 is 2.33 bits per heavy atom. The van der Waals surface area contributed by atoms with Crippen molar-refractivity contribution >= 4 is 5.91 Å². The van der Waals surface area contributed by atoms with E-state index in [4.69, 9.17) is 9.26 Å². The molecule has 0 bridgehead atoms. The Morgan fingerprint density at radius 2 is 1.70 bits per heavy atom. The number of ether oxygens (including phenoxy) is 1. The highest BCUT2D eigenvalue weighted by atomic mass is 16.5. The highest BCUT2D eigenvalue weighted by molar-refractivity contribution is 5.94. The van der Waals surface area contributed by atoms with Crippen molar-refractivity contribution in [3.8, 4) is 5.75 Å². The fourth-order valence-corrected chi connectivity index (χ4v) is 3.13. The lowest BCUT2D eigenvalue weighted by atomic mass is 10.1. The number of hydrogen-bond donors (Lipinski definition) is 0. The van der Waals surface area contributed by atoms with E-state index in [1.165, 1.54) is 5.56 Å². The number of rotatable bonds is 9. The highest BCUT2D eigenvalue weighted by Gasteiger charge is 2.11. The third kappa shape index (κ3) is 6.19. The average molecular weight is 408 g/mol. The fourth-order valence-electron chi connectivity index (χ4n) is 3.13. The van der Waals surface area contributed by atoms with E-state index >= 15 is 0 Å². The smallest absolute Gasteiger partial charge is 0.253 e. The number of nitrogens with zero attached hydrogens (tertiary/aromatic N) is 3. The second-order valence-corrected chi connectivity index (χ2v) is 7.69. The zero-order chi connectivity index (χ0) is 21.5. The molecule has 3 aromatic rings. The Balaban J connectivity index is 1.42. The largest absolute Gasteiger partial charge is 0.492 e. The molecule has 0 saturated carbocycles. The zero-order valence-electron chi connectivity index (χ0n) is 18.1. The molecule has 0 unspecified atom stereocenters. The van der Waals surface area contributed by atoms with Crippen molar-refractivity contribution in [3.63, 3.8) is 0 Å². The molecule has 1 heterocycles. The predicted molar refractivity (Wildman–Crippen MR) is 116 cm³/mol. The Morgan fingerprint density at radius 1 is 1.00 bits per heavy atom. The molecule has 1 amide bonds. The molecule has 0 aliphatic heterocycles. The number of amides is 1. The van der Waals surface area contributed by atoms with E-state index < -0.39 is 0 Å². The lowest BCUT2D eigenvalue weighted by molar-refractivity contribution is 0.0774. The summed E-state index contributed by atoms with van der Waals surface area (Å²) in [6, 6.07) is 17.6. The van der Waals surface area contributed by atoms with Gasteiger partial charge in [0.05, 0.1) is 18.8 Å². The molecule has 0 fully saturated rings. The van der Waals surface area contributed by atoms with Gasteiger partial charge in [-0.3, -0.25) is 9.69 Å².